The second kappa shape index (κ2) is 6.78. The Balaban J connectivity index is 1.94. The van der Waals surface area contributed by atoms with Gasteiger partial charge in [-0.3, -0.25) is 0 Å². The van der Waals surface area contributed by atoms with Crippen molar-refractivity contribution in [1.82, 2.24) is 5.32 Å². The van der Waals surface area contributed by atoms with E-state index in [0.29, 0.717) is 11.1 Å². The molecule has 0 radical (unpaired) electrons. The second-order valence-electron chi connectivity index (χ2n) is 4.79. The van der Waals surface area contributed by atoms with Gasteiger partial charge in [-0.2, -0.15) is 0 Å². The van der Waals surface area contributed by atoms with Crippen LogP contribution in [0.5, 0.6) is 5.75 Å². The van der Waals surface area contributed by atoms with Crippen molar-refractivity contribution < 1.29 is 4.74 Å². The quantitative estimate of drug-likeness (QED) is 0.799. The summed E-state index contributed by atoms with van der Waals surface area (Å²) in [6.07, 6.45) is 4.96. The predicted molar refractivity (Wildman–Crippen MR) is 79.5 cm³/mol. The smallest absolute Gasteiger partial charge is 0.139 e. The van der Waals surface area contributed by atoms with Crippen LogP contribution in [0.25, 0.3) is 0 Å². The van der Waals surface area contributed by atoms with Crippen LogP contribution in [0.2, 0.25) is 5.02 Å². The molecule has 4 heteroatoms. The molecule has 1 aromatic carbocycles. The van der Waals surface area contributed by atoms with Gasteiger partial charge in [0.1, 0.15) is 11.9 Å². The summed E-state index contributed by atoms with van der Waals surface area (Å²) in [6.45, 7) is 3.08. The van der Waals surface area contributed by atoms with E-state index in [1.807, 2.05) is 18.2 Å². The maximum absolute atomic E-state index is 6.15. The van der Waals surface area contributed by atoms with Crippen LogP contribution in [-0.4, -0.2) is 18.7 Å². The molecule has 1 aromatic rings. The van der Waals surface area contributed by atoms with Gasteiger partial charge in [-0.05, 0) is 37.5 Å². The van der Waals surface area contributed by atoms with E-state index in [0.717, 1.165) is 29.6 Å². The molecule has 1 saturated carbocycles. The van der Waals surface area contributed by atoms with Gasteiger partial charge in [-0.15, -0.1) is 0 Å². The largest absolute Gasteiger partial charge is 0.488 e. The minimum Gasteiger partial charge on any atom is -0.488 e. The Kier molecular flexibility index (Phi) is 5.34. The van der Waals surface area contributed by atoms with E-state index in [1.54, 1.807) is 0 Å². The average molecular weight is 333 g/mol. The molecule has 100 valence electrons. The summed E-state index contributed by atoms with van der Waals surface area (Å²) in [5, 5.41) is 4.19. The van der Waals surface area contributed by atoms with Crippen molar-refractivity contribution in [2.75, 3.05) is 6.54 Å². The molecule has 0 heterocycles. The maximum atomic E-state index is 6.15. The van der Waals surface area contributed by atoms with Crippen molar-refractivity contribution in [3.8, 4) is 5.75 Å². The van der Waals surface area contributed by atoms with Crippen LogP contribution in [0.15, 0.2) is 22.7 Å². The summed E-state index contributed by atoms with van der Waals surface area (Å²) in [5.74, 6) is 0.766. The first kappa shape index (κ1) is 14.2. The summed E-state index contributed by atoms with van der Waals surface area (Å²) in [5.41, 5.74) is 0. The highest BCUT2D eigenvalue weighted by Crippen LogP contribution is 2.29. The Morgan fingerprint density at radius 3 is 2.94 bits per heavy atom. The van der Waals surface area contributed by atoms with Crippen molar-refractivity contribution in [3.63, 3.8) is 0 Å². The van der Waals surface area contributed by atoms with Gasteiger partial charge in [0.05, 0.1) is 5.02 Å². The van der Waals surface area contributed by atoms with Crippen LogP contribution in [0.4, 0.5) is 0 Å². The summed E-state index contributed by atoms with van der Waals surface area (Å²) < 4.78 is 7.01. The number of halogens is 2. The van der Waals surface area contributed by atoms with E-state index in [2.05, 4.69) is 28.2 Å². The van der Waals surface area contributed by atoms with Gasteiger partial charge in [0.15, 0.2) is 0 Å². The van der Waals surface area contributed by atoms with Crippen LogP contribution in [-0.2, 0) is 0 Å². The van der Waals surface area contributed by atoms with Crippen molar-refractivity contribution in [2.45, 2.75) is 44.8 Å². The zero-order valence-electron chi connectivity index (χ0n) is 10.6. The molecule has 0 spiro atoms. The third-order valence-electron chi connectivity index (χ3n) is 3.01. The molecule has 1 fully saturated rings. The predicted octanol–water partition coefficient (Wildman–Crippen LogP) is 4.40. The zero-order valence-corrected chi connectivity index (χ0v) is 12.9. The van der Waals surface area contributed by atoms with Gasteiger partial charge in [0.2, 0.25) is 0 Å². The van der Waals surface area contributed by atoms with Crippen molar-refractivity contribution in [1.29, 1.82) is 0 Å². The maximum Gasteiger partial charge on any atom is 0.139 e. The van der Waals surface area contributed by atoms with E-state index < -0.39 is 0 Å². The normalized spacial score (nSPS) is 16.6. The summed E-state index contributed by atoms with van der Waals surface area (Å²) >= 11 is 9.59. The van der Waals surface area contributed by atoms with Crippen LogP contribution < -0.4 is 10.1 Å². The molecule has 0 saturated heterocycles. The molecule has 0 aromatic heterocycles. The molecule has 1 unspecified atom stereocenters. The van der Waals surface area contributed by atoms with Gasteiger partial charge >= 0.3 is 0 Å². The van der Waals surface area contributed by atoms with Gasteiger partial charge in [0.25, 0.3) is 0 Å². The molecule has 0 bridgehead atoms. The highest BCUT2D eigenvalue weighted by atomic mass is 79.9. The average Bonchev–Trinajstić information content (AvgIpc) is 3.15. The Labute approximate surface area is 122 Å². The van der Waals surface area contributed by atoms with E-state index in [1.165, 1.54) is 12.8 Å². The minimum absolute atomic E-state index is 0.197. The van der Waals surface area contributed by atoms with Gasteiger partial charge < -0.3 is 10.1 Å². The van der Waals surface area contributed by atoms with E-state index in [4.69, 9.17) is 16.3 Å². The number of benzene rings is 1. The van der Waals surface area contributed by atoms with E-state index in [9.17, 15) is 0 Å². The summed E-state index contributed by atoms with van der Waals surface area (Å²) in [7, 11) is 0. The third kappa shape index (κ3) is 4.45. The number of rotatable bonds is 7. The van der Waals surface area contributed by atoms with Crippen molar-refractivity contribution >= 4 is 27.5 Å². The first-order chi connectivity index (χ1) is 8.69. The fraction of sp³-hybridized carbons (Fsp3) is 0.571. The SMILES string of the molecule is CCCC(CNC1CC1)Oc1cc(Br)ccc1Cl. The van der Waals surface area contributed by atoms with Crippen molar-refractivity contribution in [2.24, 2.45) is 0 Å². The van der Waals surface area contributed by atoms with Crippen molar-refractivity contribution in [3.05, 3.63) is 27.7 Å². The molecule has 2 nitrogen and oxygen atoms in total. The molecule has 1 atom stereocenters. The fourth-order valence-corrected chi connectivity index (χ4v) is 2.36. The third-order valence-corrected chi connectivity index (χ3v) is 3.81. The molecule has 1 N–H and O–H groups in total. The lowest BCUT2D eigenvalue weighted by Gasteiger charge is -2.20. The summed E-state index contributed by atoms with van der Waals surface area (Å²) in [6, 6.07) is 6.43. The van der Waals surface area contributed by atoms with Gasteiger partial charge in [0, 0.05) is 17.1 Å². The van der Waals surface area contributed by atoms with Crippen LogP contribution in [0.3, 0.4) is 0 Å². The van der Waals surface area contributed by atoms with E-state index >= 15 is 0 Å². The fourth-order valence-electron chi connectivity index (χ4n) is 1.86. The molecular weight excluding hydrogens is 314 g/mol. The lowest BCUT2D eigenvalue weighted by molar-refractivity contribution is 0.186. The Bertz CT molecular complexity index is 395. The standard InChI is InChI=1S/C14H19BrClNO/c1-2-3-12(9-17-11-5-6-11)18-14-8-10(15)4-7-13(14)16/h4,7-8,11-12,17H,2-3,5-6,9H2,1H3. The Morgan fingerprint density at radius 1 is 1.50 bits per heavy atom. The topological polar surface area (TPSA) is 21.3 Å². The van der Waals surface area contributed by atoms with Gasteiger partial charge in [-0.1, -0.05) is 40.9 Å². The van der Waals surface area contributed by atoms with Crippen LogP contribution in [0.1, 0.15) is 32.6 Å². The molecule has 18 heavy (non-hydrogen) atoms. The number of hydrogen-bond acceptors (Lipinski definition) is 2. The lowest BCUT2D eigenvalue weighted by Crippen LogP contribution is -2.32. The first-order valence-corrected chi connectivity index (χ1v) is 7.71. The second-order valence-corrected chi connectivity index (χ2v) is 6.11. The first-order valence-electron chi connectivity index (χ1n) is 6.54. The summed E-state index contributed by atoms with van der Waals surface area (Å²) in [4.78, 5) is 0. The van der Waals surface area contributed by atoms with Crippen LogP contribution in [0, 0.1) is 0 Å². The molecule has 0 amide bonds. The highest BCUT2D eigenvalue weighted by molar-refractivity contribution is 9.10. The molecule has 0 aliphatic heterocycles. The number of nitrogens with one attached hydrogen (secondary N) is 1. The molecule has 2 rings (SSSR count). The molecule has 1 aliphatic carbocycles. The zero-order chi connectivity index (χ0) is 13.0. The minimum atomic E-state index is 0.197. The number of hydrogen-bond donors (Lipinski definition) is 1. The molecule has 1 aliphatic rings. The Hall–Kier alpha value is -0.250. The highest BCUT2D eigenvalue weighted by Gasteiger charge is 2.22. The van der Waals surface area contributed by atoms with Gasteiger partial charge in [-0.25, -0.2) is 0 Å². The number of ether oxygens (including phenoxy) is 1. The lowest BCUT2D eigenvalue weighted by atomic mass is 10.2. The Morgan fingerprint density at radius 2 is 2.28 bits per heavy atom. The van der Waals surface area contributed by atoms with E-state index in [-0.39, 0.29) is 6.10 Å². The monoisotopic (exact) mass is 331 g/mol. The van der Waals surface area contributed by atoms with Crippen LogP contribution >= 0.6 is 27.5 Å². The molecular formula is C14H19BrClNO.